The minimum Gasteiger partial charge on any atom is -0.508 e. The third-order valence-corrected chi connectivity index (χ3v) is 3.59. The van der Waals surface area contributed by atoms with E-state index >= 15 is 0 Å². The van der Waals surface area contributed by atoms with Crippen LogP contribution in [-0.4, -0.2) is 15.1 Å². The van der Waals surface area contributed by atoms with Crippen molar-refractivity contribution in [3.63, 3.8) is 0 Å². The molecule has 2 rings (SSSR count). The molecule has 0 aliphatic carbocycles. The number of phenolic OH excluding ortho intramolecular Hbond substituents is 2. The van der Waals surface area contributed by atoms with Crippen molar-refractivity contribution < 1.29 is 15.1 Å². The van der Waals surface area contributed by atoms with Gasteiger partial charge in [-0.1, -0.05) is 0 Å². The summed E-state index contributed by atoms with van der Waals surface area (Å²) >= 11 is 3.16. The second-order valence-corrected chi connectivity index (χ2v) is 5.43. The van der Waals surface area contributed by atoms with Crippen LogP contribution in [0.3, 0.4) is 0 Å². The minimum absolute atomic E-state index is 0.0109. The highest BCUT2D eigenvalue weighted by atomic mass is 79.9. The lowest BCUT2D eigenvalue weighted by molar-refractivity contribution is -0.385. The van der Waals surface area contributed by atoms with Crippen LogP contribution in [0.5, 0.6) is 11.5 Å². The Kier molecular flexibility index (Phi) is 4.32. The zero-order valence-electron chi connectivity index (χ0n) is 11.1. The Balaban J connectivity index is 2.21. The first kappa shape index (κ1) is 15.1. The van der Waals surface area contributed by atoms with Crippen LogP contribution in [0.25, 0.3) is 0 Å². The third-order valence-electron chi connectivity index (χ3n) is 2.95. The number of benzene rings is 2. The van der Waals surface area contributed by atoms with Gasteiger partial charge in [-0.3, -0.25) is 10.1 Å². The van der Waals surface area contributed by atoms with Gasteiger partial charge in [-0.2, -0.15) is 0 Å². The van der Waals surface area contributed by atoms with Gasteiger partial charge in [-0.15, -0.1) is 0 Å². The summed E-state index contributed by atoms with van der Waals surface area (Å²) in [6.45, 7) is 1.85. The van der Waals surface area contributed by atoms with E-state index in [0.717, 1.165) is 0 Å². The smallest absolute Gasteiger partial charge is 0.283 e. The molecule has 0 spiro atoms. The van der Waals surface area contributed by atoms with Crippen LogP contribution in [0, 0.1) is 10.1 Å². The highest BCUT2D eigenvalue weighted by Crippen LogP contribution is 2.31. The van der Waals surface area contributed by atoms with Gasteiger partial charge in [0.2, 0.25) is 0 Å². The maximum Gasteiger partial charge on any atom is 0.283 e. The number of phenols is 2. The number of aromatic hydroxyl groups is 2. The second kappa shape index (κ2) is 6.01. The second-order valence-electron chi connectivity index (χ2n) is 4.57. The van der Waals surface area contributed by atoms with E-state index in [2.05, 4.69) is 21.2 Å². The molecule has 110 valence electrons. The SMILES string of the molecule is CC(Nc1ccc([N+](=O)[O-])c(Br)c1)c1cc(O)cc(O)c1. The number of hydrogen-bond donors (Lipinski definition) is 3. The molecule has 0 aliphatic heterocycles. The molecule has 1 atom stereocenters. The van der Waals surface area contributed by atoms with Gasteiger partial charge in [-0.25, -0.2) is 0 Å². The molecule has 0 aliphatic rings. The lowest BCUT2D eigenvalue weighted by Crippen LogP contribution is -2.06. The average Bonchev–Trinajstić information content (AvgIpc) is 2.37. The first-order valence-corrected chi connectivity index (χ1v) is 6.89. The fraction of sp³-hybridized carbons (Fsp3) is 0.143. The van der Waals surface area contributed by atoms with E-state index in [0.29, 0.717) is 15.7 Å². The summed E-state index contributed by atoms with van der Waals surface area (Å²) in [5.74, 6) is -0.0490. The molecule has 0 heterocycles. The van der Waals surface area contributed by atoms with Crippen LogP contribution in [0.4, 0.5) is 11.4 Å². The summed E-state index contributed by atoms with van der Waals surface area (Å²) in [4.78, 5) is 10.3. The molecule has 2 aromatic carbocycles. The molecule has 0 bridgehead atoms. The Morgan fingerprint density at radius 3 is 2.33 bits per heavy atom. The van der Waals surface area contributed by atoms with E-state index in [9.17, 15) is 20.3 Å². The van der Waals surface area contributed by atoms with Gasteiger partial charge in [0.15, 0.2) is 0 Å². The number of rotatable bonds is 4. The van der Waals surface area contributed by atoms with Crippen molar-refractivity contribution in [1.29, 1.82) is 0 Å². The van der Waals surface area contributed by atoms with Gasteiger partial charge < -0.3 is 15.5 Å². The van der Waals surface area contributed by atoms with Gasteiger partial charge >= 0.3 is 0 Å². The number of nitro benzene ring substituents is 1. The molecule has 1 unspecified atom stereocenters. The van der Waals surface area contributed by atoms with Gasteiger partial charge in [0.25, 0.3) is 5.69 Å². The first-order chi connectivity index (χ1) is 9.86. The van der Waals surface area contributed by atoms with Crippen LogP contribution in [0.2, 0.25) is 0 Å². The van der Waals surface area contributed by atoms with Crippen molar-refractivity contribution in [3.8, 4) is 11.5 Å². The Bertz CT molecular complexity index is 670. The van der Waals surface area contributed by atoms with E-state index in [-0.39, 0.29) is 23.2 Å². The number of hydrogen-bond acceptors (Lipinski definition) is 5. The summed E-state index contributed by atoms with van der Waals surface area (Å²) in [7, 11) is 0. The topological polar surface area (TPSA) is 95.6 Å². The van der Waals surface area contributed by atoms with E-state index in [1.165, 1.54) is 24.3 Å². The monoisotopic (exact) mass is 352 g/mol. The highest BCUT2D eigenvalue weighted by molar-refractivity contribution is 9.10. The lowest BCUT2D eigenvalue weighted by Gasteiger charge is -2.16. The average molecular weight is 353 g/mol. The van der Waals surface area contributed by atoms with Crippen molar-refractivity contribution in [2.75, 3.05) is 5.32 Å². The van der Waals surface area contributed by atoms with Crippen molar-refractivity contribution in [1.82, 2.24) is 0 Å². The van der Waals surface area contributed by atoms with E-state index in [4.69, 9.17) is 0 Å². The molecule has 6 nitrogen and oxygen atoms in total. The number of nitrogens with one attached hydrogen (secondary N) is 1. The maximum absolute atomic E-state index is 10.8. The molecular formula is C14H13BrN2O4. The van der Waals surface area contributed by atoms with E-state index in [1.807, 2.05) is 6.92 Å². The van der Waals surface area contributed by atoms with Crippen LogP contribution in [0.1, 0.15) is 18.5 Å². The molecule has 0 radical (unpaired) electrons. The largest absolute Gasteiger partial charge is 0.508 e. The normalized spacial score (nSPS) is 11.9. The molecule has 0 amide bonds. The number of nitro groups is 1. The standard InChI is InChI=1S/C14H13BrN2O4/c1-8(9-4-11(18)7-12(19)5-9)16-10-2-3-14(17(20)21)13(15)6-10/h2-8,16,18-19H,1H3. The highest BCUT2D eigenvalue weighted by Gasteiger charge is 2.13. The molecule has 0 saturated carbocycles. The van der Waals surface area contributed by atoms with Crippen LogP contribution in [-0.2, 0) is 0 Å². The van der Waals surface area contributed by atoms with E-state index < -0.39 is 4.92 Å². The zero-order chi connectivity index (χ0) is 15.6. The summed E-state index contributed by atoms with van der Waals surface area (Å²) in [5.41, 5.74) is 1.37. The van der Waals surface area contributed by atoms with Crippen LogP contribution >= 0.6 is 15.9 Å². The number of halogens is 1. The molecule has 3 N–H and O–H groups in total. The Hall–Kier alpha value is -2.28. The summed E-state index contributed by atoms with van der Waals surface area (Å²) in [6, 6.07) is 8.74. The van der Waals surface area contributed by atoms with E-state index in [1.54, 1.807) is 12.1 Å². The van der Waals surface area contributed by atoms with Crippen molar-refractivity contribution >= 4 is 27.3 Å². The number of anilines is 1. The van der Waals surface area contributed by atoms with Crippen LogP contribution < -0.4 is 5.32 Å². The van der Waals surface area contributed by atoms with Crippen molar-refractivity contribution in [2.45, 2.75) is 13.0 Å². The summed E-state index contributed by atoms with van der Waals surface area (Å²) in [5, 5.41) is 32.9. The summed E-state index contributed by atoms with van der Waals surface area (Å²) in [6.07, 6.45) is 0. The predicted molar refractivity (Wildman–Crippen MR) is 82.6 cm³/mol. The molecule has 2 aromatic rings. The first-order valence-electron chi connectivity index (χ1n) is 6.10. The van der Waals surface area contributed by atoms with Crippen LogP contribution in [0.15, 0.2) is 40.9 Å². The minimum atomic E-state index is -0.468. The molecule has 0 saturated heterocycles. The third kappa shape index (κ3) is 3.63. The van der Waals surface area contributed by atoms with Crippen molar-refractivity contribution in [3.05, 3.63) is 56.5 Å². The molecule has 7 heteroatoms. The fourth-order valence-corrected chi connectivity index (χ4v) is 2.47. The number of nitrogens with zero attached hydrogens (tertiary/aromatic N) is 1. The van der Waals surface area contributed by atoms with Gasteiger partial charge in [0, 0.05) is 23.9 Å². The van der Waals surface area contributed by atoms with Gasteiger partial charge in [-0.05, 0) is 52.7 Å². The Labute approximate surface area is 129 Å². The van der Waals surface area contributed by atoms with Crippen molar-refractivity contribution in [2.24, 2.45) is 0 Å². The molecule has 0 aromatic heterocycles. The fourth-order valence-electron chi connectivity index (χ4n) is 1.95. The Morgan fingerprint density at radius 2 is 1.81 bits per heavy atom. The maximum atomic E-state index is 10.8. The molecule has 21 heavy (non-hydrogen) atoms. The lowest BCUT2D eigenvalue weighted by atomic mass is 10.1. The zero-order valence-corrected chi connectivity index (χ0v) is 12.7. The van der Waals surface area contributed by atoms with Gasteiger partial charge in [0.05, 0.1) is 9.40 Å². The summed E-state index contributed by atoms with van der Waals surface area (Å²) < 4.78 is 0.378. The predicted octanol–water partition coefficient (Wildman–Crippen LogP) is 3.94. The Morgan fingerprint density at radius 1 is 1.19 bits per heavy atom. The quantitative estimate of drug-likeness (QED) is 0.572. The molecular weight excluding hydrogens is 340 g/mol. The molecule has 0 fully saturated rings. The van der Waals surface area contributed by atoms with Gasteiger partial charge in [0.1, 0.15) is 11.5 Å².